The van der Waals surface area contributed by atoms with E-state index in [1.807, 2.05) is 39.8 Å². The summed E-state index contributed by atoms with van der Waals surface area (Å²) in [6.45, 7) is 7.51. The van der Waals surface area contributed by atoms with E-state index in [0.717, 1.165) is 42.6 Å². The molecule has 6 N–H and O–H groups in total. The number of hydrogen-bond acceptors (Lipinski definition) is 21. The number of benzene rings is 2. The van der Waals surface area contributed by atoms with Crippen LogP contribution in [-0.4, -0.2) is 272 Å². The number of piperidine rings is 1. The van der Waals surface area contributed by atoms with Gasteiger partial charge in [0.1, 0.15) is 43.1 Å². The van der Waals surface area contributed by atoms with Crippen molar-refractivity contribution in [3.63, 3.8) is 0 Å². The number of thioether (sulfide) groups is 1. The summed E-state index contributed by atoms with van der Waals surface area (Å²) < 4.78 is 36.5. The highest BCUT2D eigenvalue weighted by molar-refractivity contribution is 7.99. The van der Waals surface area contributed by atoms with Gasteiger partial charge in [-0.2, -0.15) is 17.0 Å². The number of hydrogen-bond donors (Lipinski definition) is 6. The molecular formula is C64H91FN12O15S. The van der Waals surface area contributed by atoms with Gasteiger partial charge in [-0.15, -0.1) is 0 Å². The smallest absolute Gasteiger partial charge is 0.317 e. The number of carbonyl (C=O) groups is 9. The van der Waals surface area contributed by atoms with Gasteiger partial charge in [-0.3, -0.25) is 67.7 Å². The van der Waals surface area contributed by atoms with E-state index in [1.165, 1.54) is 36.5 Å². The van der Waals surface area contributed by atoms with Crippen LogP contribution in [0.3, 0.4) is 0 Å². The number of aliphatic hydroxyl groups excluding tert-OH is 1. The first-order valence-electron chi connectivity index (χ1n) is 31.7. The van der Waals surface area contributed by atoms with Crippen molar-refractivity contribution in [3.8, 4) is 11.8 Å². The van der Waals surface area contributed by atoms with Gasteiger partial charge in [0.2, 0.25) is 23.6 Å². The fourth-order valence-corrected chi connectivity index (χ4v) is 12.0. The second kappa shape index (κ2) is 39.8. The number of aliphatic hydroxyl groups is 1. The summed E-state index contributed by atoms with van der Waals surface area (Å²) in [5.74, 6) is -2.28. The van der Waals surface area contributed by atoms with Crippen molar-refractivity contribution in [2.24, 2.45) is 5.92 Å². The van der Waals surface area contributed by atoms with Crippen LogP contribution in [-0.2, 0) is 59.0 Å². The number of fused-ring (bicyclic) bond motifs is 1. The van der Waals surface area contributed by atoms with Crippen LogP contribution in [0.1, 0.15) is 79.8 Å². The Kier molecular flexibility index (Phi) is 31.9. The van der Waals surface area contributed by atoms with E-state index in [-0.39, 0.29) is 108 Å². The van der Waals surface area contributed by atoms with Gasteiger partial charge in [-0.05, 0) is 94.5 Å². The number of rotatable bonds is 36. The predicted molar refractivity (Wildman–Crippen MR) is 342 cm³/mol. The highest BCUT2D eigenvalue weighted by Gasteiger charge is 2.43. The van der Waals surface area contributed by atoms with E-state index >= 15 is 0 Å². The number of carboxylic acids is 1. The summed E-state index contributed by atoms with van der Waals surface area (Å²) in [7, 11) is 0. The van der Waals surface area contributed by atoms with Crippen molar-refractivity contribution in [1.82, 2.24) is 55.7 Å². The van der Waals surface area contributed by atoms with E-state index < -0.39 is 60.0 Å². The summed E-state index contributed by atoms with van der Waals surface area (Å²) in [5.41, 5.74) is 1.45. The third-order valence-corrected chi connectivity index (χ3v) is 17.5. The Labute approximate surface area is 546 Å². The largest absolute Gasteiger partial charge is 0.494 e. The van der Waals surface area contributed by atoms with Crippen molar-refractivity contribution in [1.29, 1.82) is 5.26 Å². The van der Waals surface area contributed by atoms with Crippen LogP contribution in [0.5, 0.6) is 5.75 Å². The number of alkyl halides is 1. The molecule has 29 heteroatoms. The predicted octanol–water partition coefficient (Wildman–Crippen LogP) is 1.33. The molecule has 4 heterocycles. The number of halogens is 1. The topological polar surface area (TPSA) is 335 Å². The first-order chi connectivity index (χ1) is 44.8. The molecule has 0 aliphatic carbocycles. The van der Waals surface area contributed by atoms with Gasteiger partial charge < -0.3 is 60.2 Å². The molecule has 3 aromatic rings. The fourth-order valence-electron chi connectivity index (χ4n) is 11.2. The van der Waals surface area contributed by atoms with Crippen molar-refractivity contribution < 1.29 is 76.7 Å². The van der Waals surface area contributed by atoms with Crippen LogP contribution in [0.15, 0.2) is 54.7 Å². The van der Waals surface area contributed by atoms with E-state index in [0.29, 0.717) is 113 Å². The maximum atomic E-state index is 14.6. The molecule has 6 rings (SSSR count). The van der Waals surface area contributed by atoms with E-state index in [2.05, 4.69) is 38.4 Å². The van der Waals surface area contributed by atoms with Gasteiger partial charge in [0.15, 0.2) is 0 Å². The Morgan fingerprint density at radius 1 is 0.817 bits per heavy atom. The molecule has 2 aromatic carbocycles. The quantitative estimate of drug-likeness (QED) is 0.0353. The fraction of sp³-hybridized carbons (Fsp3) is 0.609. The number of aromatic nitrogens is 1. The molecule has 510 valence electrons. The normalized spacial score (nSPS) is 18.8. The molecule has 93 heavy (non-hydrogen) atoms. The van der Waals surface area contributed by atoms with E-state index in [9.17, 15) is 63.0 Å². The average molecular weight is 1320 g/mol. The zero-order valence-corrected chi connectivity index (χ0v) is 54.2. The molecule has 0 spiro atoms. The van der Waals surface area contributed by atoms with E-state index in [1.54, 1.807) is 28.0 Å². The zero-order chi connectivity index (χ0) is 67.0. The van der Waals surface area contributed by atoms with Crippen LogP contribution < -0.4 is 26.0 Å². The lowest BCUT2D eigenvalue weighted by Crippen LogP contribution is -2.52. The Hall–Kier alpha value is -7.59. The molecule has 1 aromatic heterocycles. The molecule has 3 fully saturated rings. The maximum Gasteiger partial charge on any atom is 0.317 e. The lowest BCUT2D eigenvalue weighted by Gasteiger charge is -2.33. The summed E-state index contributed by atoms with van der Waals surface area (Å²) in [6.07, 6.45) is 5.09. The Morgan fingerprint density at radius 2 is 1.48 bits per heavy atom. The number of likely N-dealkylation sites (tertiary alicyclic amines) is 2. The first kappa shape index (κ1) is 74.4. The number of aliphatic carboxylic acids is 1. The second-order valence-corrected chi connectivity index (χ2v) is 25.0. The summed E-state index contributed by atoms with van der Waals surface area (Å²) >= 11 is 1.29. The molecule has 0 saturated carbocycles. The number of amides is 6. The van der Waals surface area contributed by atoms with Crippen molar-refractivity contribution in [2.75, 3.05) is 150 Å². The number of aryl methyl sites for hydroxylation is 2. The number of carboxylic acid groups (broad SMARTS) is 1. The van der Waals surface area contributed by atoms with Crippen molar-refractivity contribution in [2.45, 2.75) is 95.5 Å². The first-order valence-corrected chi connectivity index (χ1v) is 32.9. The molecule has 0 bridgehead atoms. The molecule has 0 radical (unpaired) electrons. The Balaban J connectivity index is 0.930. The Morgan fingerprint density at radius 3 is 2.14 bits per heavy atom. The second-order valence-electron chi connectivity index (χ2n) is 23.8. The third-order valence-electron chi connectivity index (χ3n) is 16.4. The molecule has 27 nitrogen and oxygen atoms in total. The molecule has 3 aliphatic rings. The number of nitriles is 1. The molecule has 4 atom stereocenters. The SMILES string of the molecule is Cc1ccc(CCCC(=O)NCCOCCC(NC(=O)CN2CCN(COC=O)CCN(COC=O)CCN(CC(=O)O)CC2)C(=O)NCCSC[C@@H](O)C(=O)N2CCC(CCCOc3ccc4nccc(C(=O)NCC(=O)N5CC(C)(F)C[C@@H]5C#N)c4c3)CC2)cc1. The minimum Gasteiger partial charge on any atom is -0.494 e. The van der Waals surface area contributed by atoms with Crippen LogP contribution in [0.4, 0.5) is 4.39 Å². The lowest BCUT2D eigenvalue weighted by molar-refractivity contribution is -0.140. The van der Waals surface area contributed by atoms with Crippen LogP contribution in [0.2, 0.25) is 0 Å². The number of pyridine rings is 1. The van der Waals surface area contributed by atoms with Gasteiger partial charge in [-0.1, -0.05) is 29.8 Å². The van der Waals surface area contributed by atoms with Crippen molar-refractivity contribution >= 4 is 77.0 Å². The van der Waals surface area contributed by atoms with Crippen LogP contribution in [0.25, 0.3) is 10.9 Å². The summed E-state index contributed by atoms with van der Waals surface area (Å²) in [6, 6.07) is 14.9. The average Bonchev–Trinajstić information content (AvgIpc) is 1.87. The zero-order valence-electron chi connectivity index (χ0n) is 53.4. The lowest BCUT2D eigenvalue weighted by atomic mass is 9.92. The van der Waals surface area contributed by atoms with Gasteiger partial charge >= 0.3 is 5.97 Å². The molecule has 3 saturated heterocycles. The van der Waals surface area contributed by atoms with E-state index in [4.69, 9.17) is 18.9 Å². The maximum absolute atomic E-state index is 14.6. The van der Waals surface area contributed by atoms with Gasteiger partial charge in [0.25, 0.3) is 24.8 Å². The molecule has 6 amide bonds. The van der Waals surface area contributed by atoms with Crippen LogP contribution >= 0.6 is 11.8 Å². The monoisotopic (exact) mass is 1320 g/mol. The van der Waals surface area contributed by atoms with Gasteiger partial charge in [0.05, 0.1) is 56.5 Å². The van der Waals surface area contributed by atoms with Gasteiger partial charge in [-0.25, -0.2) is 4.39 Å². The minimum atomic E-state index is -1.68. The highest BCUT2D eigenvalue weighted by Crippen LogP contribution is 2.30. The number of nitrogens with zero attached hydrogens (tertiary/aromatic N) is 8. The summed E-state index contributed by atoms with van der Waals surface area (Å²) in [4.78, 5) is 128. The molecule has 2 unspecified atom stereocenters. The third kappa shape index (κ3) is 26.7. The minimum absolute atomic E-state index is 0.0181. The standard InChI is InChI=1S/C64H91FN12O15S/c1-47-8-10-48(11-9-47)5-3-7-57(81)68-19-33-89-32-17-55(71-58(82)39-72-23-24-73(40-60(84)85)26-28-75(44-91-46-79)30-29-74(27-25-72)43-90-45-78)62(87)69-20-34-93-41-56(80)63(88)76-21-15-49(16-22-76)6-4-31-92-51-12-13-54-53(35-51)52(14-18-67-54)61(86)70-38-59(83)77-42-64(2,65)36-50(77)37-66/h8-14,18,35,45-46,49-50,55-56,80H,3-7,15-17,19-34,36,38-44H2,1-2H3,(H,68,81)(H,69,87)(H,70,86)(H,71,82)(H,84,85)/t50-,55?,56-,64?/m1/s1. The number of nitrogens with one attached hydrogen (secondary N) is 4. The number of carbonyl (C=O) groups excluding carboxylic acids is 8. The molecular weight excluding hydrogens is 1230 g/mol. The Bertz CT molecular complexity index is 2960. The molecule has 3 aliphatic heterocycles. The van der Waals surface area contributed by atoms with Gasteiger partial charge in [0, 0.05) is 121 Å². The highest BCUT2D eigenvalue weighted by atomic mass is 32.2. The van der Waals surface area contributed by atoms with Crippen molar-refractivity contribution in [3.05, 3.63) is 71.4 Å². The summed E-state index contributed by atoms with van der Waals surface area (Å²) in [5, 5.41) is 41.8. The number of ether oxygens (including phenoxy) is 4. The van der Waals surface area contributed by atoms with Crippen LogP contribution in [0, 0.1) is 24.2 Å².